The fourth-order valence-corrected chi connectivity index (χ4v) is 4.50. The number of benzene rings is 2. The van der Waals surface area contributed by atoms with E-state index in [1.807, 2.05) is 12.3 Å². The summed E-state index contributed by atoms with van der Waals surface area (Å²) in [5.74, 6) is 0.377. The number of para-hydroxylation sites is 1. The maximum atomic E-state index is 14.3. The highest BCUT2D eigenvalue weighted by atomic mass is 32.2. The molecule has 1 N–H and O–H groups in total. The van der Waals surface area contributed by atoms with Crippen molar-refractivity contribution in [3.05, 3.63) is 60.3 Å². The second-order valence-electron chi connectivity index (χ2n) is 6.64. The number of methoxy groups -OCH3 is 1. The van der Waals surface area contributed by atoms with Gasteiger partial charge in [-0.2, -0.15) is 0 Å². The van der Waals surface area contributed by atoms with Crippen LogP contribution < -0.4 is 9.46 Å². The lowest BCUT2D eigenvalue weighted by molar-refractivity contribution is 0.410. The Morgan fingerprint density at radius 2 is 2.00 bits per heavy atom. The first-order valence-electron chi connectivity index (χ1n) is 9.00. The van der Waals surface area contributed by atoms with E-state index in [0.717, 1.165) is 37.7 Å². The molecule has 0 amide bonds. The van der Waals surface area contributed by atoms with Gasteiger partial charge in [0.05, 0.1) is 18.5 Å². The molecule has 0 spiro atoms. The van der Waals surface area contributed by atoms with Crippen LogP contribution in [0.4, 0.5) is 10.1 Å². The number of imidazole rings is 1. The van der Waals surface area contributed by atoms with Crippen molar-refractivity contribution < 1.29 is 17.5 Å². The van der Waals surface area contributed by atoms with E-state index in [2.05, 4.69) is 14.3 Å². The molecule has 1 aliphatic rings. The van der Waals surface area contributed by atoms with Gasteiger partial charge < -0.3 is 9.30 Å². The molecular weight excluding hydrogens is 381 g/mol. The highest BCUT2D eigenvalue weighted by Gasteiger charge is 2.22. The van der Waals surface area contributed by atoms with Crippen LogP contribution in [0.5, 0.6) is 5.75 Å². The predicted molar refractivity (Wildman–Crippen MR) is 104 cm³/mol. The Morgan fingerprint density at radius 1 is 1.18 bits per heavy atom. The van der Waals surface area contributed by atoms with Crippen LogP contribution in [0.1, 0.15) is 18.7 Å². The Kier molecular flexibility index (Phi) is 4.80. The normalized spacial score (nSPS) is 13.8. The molecule has 0 atom stereocenters. The maximum Gasteiger partial charge on any atom is 0.264 e. The Bertz CT molecular complexity index is 1100. The van der Waals surface area contributed by atoms with E-state index in [1.54, 1.807) is 18.2 Å². The summed E-state index contributed by atoms with van der Waals surface area (Å²) in [6, 6.07) is 10.6. The van der Waals surface area contributed by atoms with Crippen molar-refractivity contribution in [2.75, 3.05) is 11.8 Å². The summed E-state index contributed by atoms with van der Waals surface area (Å²) in [6.07, 6.45) is 5.05. The van der Waals surface area contributed by atoms with E-state index < -0.39 is 20.7 Å². The molecule has 28 heavy (non-hydrogen) atoms. The summed E-state index contributed by atoms with van der Waals surface area (Å²) in [5, 5.41) is 0. The van der Waals surface area contributed by atoms with Gasteiger partial charge in [0.25, 0.3) is 10.0 Å². The van der Waals surface area contributed by atoms with E-state index in [-0.39, 0.29) is 5.75 Å². The van der Waals surface area contributed by atoms with Gasteiger partial charge in [0.15, 0.2) is 0 Å². The number of rotatable bonds is 5. The zero-order valence-electron chi connectivity index (χ0n) is 15.4. The van der Waals surface area contributed by atoms with Crippen molar-refractivity contribution in [2.45, 2.75) is 30.7 Å². The minimum atomic E-state index is -4.12. The molecule has 6 nitrogen and oxygen atoms in total. The SMILES string of the molecule is COc1ccc(S(=O)(=O)Nc2ccccc2-c2cn3c(n2)CCCC3)c(F)c1. The minimum absolute atomic E-state index is 0.250. The van der Waals surface area contributed by atoms with Crippen molar-refractivity contribution in [3.63, 3.8) is 0 Å². The summed E-state index contributed by atoms with van der Waals surface area (Å²) < 4.78 is 49.4. The first-order chi connectivity index (χ1) is 13.5. The molecule has 0 bridgehead atoms. The van der Waals surface area contributed by atoms with Crippen LogP contribution in [-0.4, -0.2) is 25.1 Å². The number of sulfonamides is 1. The molecule has 0 aliphatic carbocycles. The van der Waals surface area contributed by atoms with Crippen LogP contribution in [0, 0.1) is 5.82 Å². The molecule has 1 aliphatic heterocycles. The maximum absolute atomic E-state index is 14.3. The molecule has 8 heteroatoms. The number of hydrogen-bond donors (Lipinski definition) is 1. The molecule has 0 fully saturated rings. The second kappa shape index (κ2) is 7.27. The molecule has 3 aromatic rings. The summed E-state index contributed by atoms with van der Waals surface area (Å²) in [6.45, 7) is 0.910. The second-order valence-corrected chi connectivity index (χ2v) is 8.29. The number of nitrogens with zero attached hydrogens (tertiary/aromatic N) is 2. The molecule has 2 heterocycles. The minimum Gasteiger partial charge on any atom is -0.497 e. The summed E-state index contributed by atoms with van der Waals surface area (Å²) in [5.41, 5.74) is 1.71. The van der Waals surface area contributed by atoms with Crippen molar-refractivity contribution >= 4 is 15.7 Å². The molecular formula is C20H20FN3O3S. The average Bonchev–Trinajstić information content (AvgIpc) is 3.11. The van der Waals surface area contributed by atoms with Crippen LogP contribution in [0.25, 0.3) is 11.3 Å². The van der Waals surface area contributed by atoms with Gasteiger partial charge in [0, 0.05) is 30.8 Å². The summed E-state index contributed by atoms with van der Waals surface area (Å²) in [7, 11) is -2.73. The Morgan fingerprint density at radius 3 is 2.75 bits per heavy atom. The number of nitrogens with one attached hydrogen (secondary N) is 1. The van der Waals surface area contributed by atoms with Crippen LogP contribution in [-0.2, 0) is 23.0 Å². The smallest absolute Gasteiger partial charge is 0.264 e. The van der Waals surface area contributed by atoms with Crippen molar-refractivity contribution in [1.82, 2.24) is 9.55 Å². The largest absolute Gasteiger partial charge is 0.497 e. The zero-order chi connectivity index (χ0) is 19.7. The zero-order valence-corrected chi connectivity index (χ0v) is 16.2. The highest BCUT2D eigenvalue weighted by Crippen LogP contribution is 2.31. The third-order valence-electron chi connectivity index (χ3n) is 4.78. The van der Waals surface area contributed by atoms with Crippen LogP contribution >= 0.6 is 0 Å². The first-order valence-corrected chi connectivity index (χ1v) is 10.5. The van der Waals surface area contributed by atoms with Gasteiger partial charge in [-0.3, -0.25) is 4.72 Å². The molecule has 1 aromatic heterocycles. The number of fused-ring (bicyclic) bond motifs is 1. The van der Waals surface area contributed by atoms with E-state index in [1.165, 1.54) is 19.2 Å². The van der Waals surface area contributed by atoms with Crippen molar-refractivity contribution in [2.24, 2.45) is 0 Å². The number of aryl methyl sites for hydroxylation is 2. The van der Waals surface area contributed by atoms with E-state index >= 15 is 0 Å². The predicted octanol–water partition coefficient (Wildman–Crippen LogP) is 3.83. The summed E-state index contributed by atoms with van der Waals surface area (Å²) >= 11 is 0. The highest BCUT2D eigenvalue weighted by molar-refractivity contribution is 7.92. The molecule has 0 unspecified atom stereocenters. The van der Waals surface area contributed by atoms with Crippen LogP contribution in [0.2, 0.25) is 0 Å². The first kappa shape index (κ1) is 18.5. The number of halogens is 1. The van der Waals surface area contributed by atoms with E-state index in [4.69, 9.17) is 4.74 Å². The lowest BCUT2D eigenvalue weighted by Gasteiger charge is -2.12. The Balaban J connectivity index is 1.70. The van der Waals surface area contributed by atoms with Gasteiger partial charge in [-0.15, -0.1) is 0 Å². The van der Waals surface area contributed by atoms with Crippen LogP contribution in [0.15, 0.2) is 53.6 Å². The number of ether oxygens (including phenoxy) is 1. The monoisotopic (exact) mass is 401 g/mol. The van der Waals surface area contributed by atoms with Crippen LogP contribution in [0.3, 0.4) is 0 Å². The third-order valence-corrected chi connectivity index (χ3v) is 6.18. The van der Waals surface area contributed by atoms with E-state index in [0.29, 0.717) is 16.9 Å². The van der Waals surface area contributed by atoms with E-state index in [9.17, 15) is 12.8 Å². The standard InChI is InChI=1S/C20H20FN3O3S/c1-27-14-9-10-19(16(21)12-14)28(25,26)23-17-7-3-2-6-15(17)18-13-24-11-5-4-8-20(24)22-18/h2-3,6-7,9-10,12-13,23H,4-5,8,11H2,1H3. The number of aromatic nitrogens is 2. The Hall–Kier alpha value is -2.87. The quantitative estimate of drug-likeness (QED) is 0.705. The molecule has 0 saturated carbocycles. The van der Waals surface area contributed by atoms with Gasteiger partial charge in [-0.05, 0) is 31.0 Å². The third kappa shape index (κ3) is 3.47. The molecule has 4 rings (SSSR count). The van der Waals surface area contributed by atoms with Gasteiger partial charge in [-0.25, -0.2) is 17.8 Å². The molecule has 0 saturated heterocycles. The molecule has 2 aromatic carbocycles. The lowest BCUT2D eigenvalue weighted by atomic mass is 10.1. The van der Waals surface area contributed by atoms with Gasteiger partial charge >= 0.3 is 0 Å². The van der Waals surface area contributed by atoms with Crippen molar-refractivity contribution in [1.29, 1.82) is 0 Å². The number of hydrogen-bond acceptors (Lipinski definition) is 4. The number of anilines is 1. The fourth-order valence-electron chi connectivity index (χ4n) is 3.36. The Labute approximate surface area is 163 Å². The fraction of sp³-hybridized carbons (Fsp3) is 0.250. The van der Waals surface area contributed by atoms with Gasteiger partial charge in [0.1, 0.15) is 22.3 Å². The van der Waals surface area contributed by atoms with Crippen molar-refractivity contribution in [3.8, 4) is 17.0 Å². The average molecular weight is 401 g/mol. The molecule has 146 valence electrons. The lowest BCUT2D eigenvalue weighted by Crippen LogP contribution is -2.15. The topological polar surface area (TPSA) is 73.2 Å². The summed E-state index contributed by atoms with van der Waals surface area (Å²) in [4.78, 5) is 4.22. The van der Waals surface area contributed by atoms with Gasteiger partial charge in [0.2, 0.25) is 0 Å². The molecule has 0 radical (unpaired) electrons. The van der Waals surface area contributed by atoms with Gasteiger partial charge in [-0.1, -0.05) is 18.2 Å².